The lowest BCUT2D eigenvalue weighted by atomic mass is 10.1. The highest BCUT2D eigenvalue weighted by Crippen LogP contribution is 2.18. The van der Waals surface area contributed by atoms with Crippen molar-refractivity contribution in [3.05, 3.63) is 48.2 Å². The summed E-state index contributed by atoms with van der Waals surface area (Å²) in [5.74, 6) is 0.157. The van der Waals surface area contributed by atoms with Crippen molar-refractivity contribution in [2.24, 2.45) is 0 Å². The summed E-state index contributed by atoms with van der Waals surface area (Å²) in [5, 5.41) is 12.7. The van der Waals surface area contributed by atoms with Gasteiger partial charge < -0.3 is 10.4 Å². The Balaban J connectivity index is 2.84. The summed E-state index contributed by atoms with van der Waals surface area (Å²) in [6, 6.07) is 9.94. The molecule has 2 nitrogen and oxygen atoms in total. The lowest BCUT2D eigenvalue weighted by molar-refractivity contribution is 0.334. The molecular formula is C12H17NO. The van der Waals surface area contributed by atoms with Gasteiger partial charge in [-0.1, -0.05) is 36.9 Å². The molecule has 76 valence electrons. The molecule has 1 aromatic rings. The van der Waals surface area contributed by atoms with Gasteiger partial charge in [-0.2, -0.15) is 0 Å². The van der Waals surface area contributed by atoms with Crippen molar-refractivity contribution in [1.29, 1.82) is 0 Å². The van der Waals surface area contributed by atoms with Gasteiger partial charge in [-0.3, -0.25) is 0 Å². The Hall–Kier alpha value is -1.28. The minimum absolute atomic E-state index is 0.157. The Morgan fingerprint density at radius 2 is 1.86 bits per heavy atom. The predicted molar refractivity (Wildman–Crippen MR) is 59.2 cm³/mol. The van der Waals surface area contributed by atoms with E-state index in [0.29, 0.717) is 6.04 Å². The fourth-order valence-corrected chi connectivity index (χ4v) is 1.36. The second-order valence-electron chi connectivity index (χ2n) is 3.66. The van der Waals surface area contributed by atoms with E-state index >= 15 is 0 Å². The quantitative estimate of drug-likeness (QED) is 0.717. The van der Waals surface area contributed by atoms with Gasteiger partial charge in [0.2, 0.25) is 0 Å². The first-order valence-corrected chi connectivity index (χ1v) is 4.80. The molecule has 0 spiro atoms. The molecule has 0 radical (unpaired) electrons. The Labute approximate surface area is 85.3 Å². The Kier molecular flexibility index (Phi) is 3.72. The molecule has 0 fully saturated rings. The largest absolute Gasteiger partial charge is 0.511 e. The molecule has 0 saturated carbocycles. The van der Waals surface area contributed by atoms with Crippen LogP contribution in [-0.2, 0) is 0 Å². The maximum absolute atomic E-state index is 9.46. The van der Waals surface area contributed by atoms with Crippen molar-refractivity contribution < 1.29 is 5.11 Å². The SMILES string of the molecule is C=C(O)C(NC(C)C)c1ccccc1. The van der Waals surface area contributed by atoms with Crippen LogP contribution in [0, 0.1) is 0 Å². The van der Waals surface area contributed by atoms with Crippen molar-refractivity contribution in [3.8, 4) is 0 Å². The van der Waals surface area contributed by atoms with E-state index in [-0.39, 0.29) is 11.8 Å². The molecule has 0 heterocycles. The lowest BCUT2D eigenvalue weighted by Gasteiger charge is -2.20. The van der Waals surface area contributed by atoms with Gasteiger partial charge in [-0.25, -0.2) is 0 Å². The molecule has 2 N–H and O–H groups in total. The second kappa shape index (κ2) is 4.82. The summed E-state index contributed by atoms with van der Waals surface area (Å²) in [6.07, 6.45) is 0. The minimum atomic E-state index is -0.170. The maximum Gasteiger partial charge on any atom is 0.107 e. The number of hydrogen-bond acceptors (Lipinski definition) is 2. The van der Waals surface area contributed by atoms with Crippen molar-refractivity contribution >= 4 is 0 Å². The van der Waals surface area contributed by atoms with E-state index in [4.69, 9.17) is 0 Å². The first kappa shape index (κ1) is 10.8. The van der Waals surface area contributed by atoms with Crippen LogP contribution in [0.1, 0.15) is 25.5 Å². The van der Waals surface area contributed by atoms with Crippen LogP contribution in [0.4, 0.5) is 0 Å². The van der Waals surface area contributed by atoms with E-state index in [1.165, 1.54) is 0 Å². The summed E-state index contributed by atoms with van der Waals surface area (Å²) in [7, 11) is 0. The molecule has 2 heteroatoms. The molecule has 1 atom stereocenters. The van der Waals surface area contributed by atoms with Gasteiger partial charge >= 0.3 is 0 Å². The second-order valence-corrected chi connectivity index (χ2v) is 3.66. The summed E-state index contributed by atoms with van der Waals surface area (Å²) in [6.45, 7) is 7.66. The number of aliphatic hydroxyl groups excluding tert-OH is 1. The third-order valence-corrected chi connectivity index (χ3v) is 1.97. The average Bonchev–Trinajstić information content (AvgIpc) is 2.15. The zero-order valence-corrected chi connectivity index (χ0v) is 8.70. The van der Waals surface area contributed by atoms with Crippen LogP contribution in [0.5, 0.6) is 0 Å². The van der Waals surface area contributed by atoms with Gasteiger partial charge in [0, 0.05) is 6.04 Å². The van der Waals surface area contributed by atoms with Crippen LogP contribution in [0.3, 0.4) is 0 Å². The molecule has 1 unspecified atom stereocenters. The first-order valence-electron chi connectivity index (χ1n) is 4.80. The topological polar surface area (TPSA) is 32.3 Å². The number of benzene rings is 1. The fourth-order valence-electron chi connectivity index (χ4n) is 1.36. The summed E-state index contributed by atoms with van der Waals surface area (Å²) < 4.78 is 0. The average molecular weight is 191 g/mol. The van der Waals surface area contributed by atoms with Crippen molar-refractivity contribution in [2.45, 2.75) is 25.9 Å². The van der Waals surface area contributed by atoms with Gasteiger partial charge in [0.25, 0.3) is 0 Å². The van der Waals surface area contributed by atoms with E-state index in [1.807, 2.05) is 44.2 Å². The van der Waals surface area contributed by atoms with Crippen molar-refractivity contribution in [1.82, 2.24) is 5.32 Å². The van der Waals surface area contributed by atoms with E-state index in [1.54, 1.807) is 0 Å². The van der Waals surface area contributed by atoms with Gasteiger partial charge in [0.1, 0.15) is 5.76 Å². The van der Waals surface area contributed by atoms with Crippen LogP contribution in [0.15, 0.2) is 42.7 Å². The molecule has 0 aliphatic heterocycles. The molecule has 0 aliphatic carbocycles. The van der Waals surface area contributed by atoms with E-state index < -0.39 is 0 Å². The van der Waals surface area contributed by atoms with Crippen molar-refractivity contribution in [3.63, 3.8) is 0 Å². The predicted octanol–water partition coefficient (Wildman–Crippen LogP) is 2.80. The van der Waals surface area contributed by atoms with E-state index in [2.05, 4.69) is 11.9 Å². The Bertz CT molecular complexity index is 292. The zero-order valence-electron chi connectivity index (χ0n) is 8.70. The van der Waals surface area contributed by atoms with Gasteiger partial charge in [-0.05, 0) is 19.4 Å². The summed E-state index contributed by atoms with van der Waals surface area (Å²) in [4.78, 5) is 0. The van der Waals surface area contributed by atoms with Gasteiger partial charge in [-0.15, -0.1) is 0 Å². The van der Waals surface area contributed by atoms with E-state index in [0.717, 1.165) is 5.56 Å². The normalized spacial score (nSPS) is 12.8. The number of aliphatic hydroxyl groups is 1. The highest BCUT2D eigenvalue weighted by atomic mass is 16.3. The number of nitrogens with one attached hydrogen (secondary N) is 1. The Morgan fingerprint density at radius 3 is 2.29 bits per heavy atom. The molecule has 14 heavy (non-hydrogen) atoms. The minimum Gasteiger partial charge on any atom is -0.511 e. The molecule has 1 rings (SSSR count). The van der Waals surface area contributed by atoms with Crippen molar-refractivity contribution in [2.75, 3.05) is 0 Å². The molecular weight excluding hydrogens is 174 g/mol. The highest BCUT2D eigenvalue weighted by molar-refractivity contribution is 5.24. The molecule has 0 saturated heterocycles. The van der Waals surface area contributed by atoms with Crippen LogP contribution < -0.4 is 5.32 Å². The molecule has 0 amide bonds. The lowest BCUT2D eigenvalue weighted by Crippen LogP contribution is -2.29. The zero-order chi connectivity index (χ0) is 10.6. The number of hydrogen-bond donors (Lipinski definition) is 2. The van der Waals surface area contributed by atoms with Crippen LogP contribution >= 0.6 is 0 Å². The summed E-state index contributed by atoms with van der Waals surface area (Å²) >= 11 is 0. The fraction of sp³-hybridized carbons (Fsp3) is 0.333. The molecule has 1 aromatic carbocycles. The maximum atomic E-state index is 9.46. The molecule has 0 bridgehead atoms. The standard InChI is InChI=1S/C12H17NO/c1-9(2)13-12(10(3)14)11-7-5-4-6-8-11/h4-9,12-14H,3H2,1-2H3. The van der Waals surface area contributed by atoms with E-state index in [9.17, 15) is 5.11 Å². The smallest absolute Gasteiger partial charge is 0.107 e. The Morgan fingerprint density at radius 1 is 1.29 bits per heavy atom. The first-order chi connectivity index (χ1) is 6.61. The van der Waals surface area contributed by atoms with Gasteiger partial charge in [0.05, 0.1) is 6.04 Å². The van der Waals surface area contributed by atoms with Crippen LogP contribution in [-0.4, -0.2) is 11.1 Å². The number of rotatable bonds is 4. The van der Waals surface area contributed by atoms with Crippen LogP contribution in [0.2, 0.25) is 0 Å². The third-order valence-electron chi connectivity index (χ3n) is 1.97. The molecule has 0 aromatic heterocycles. The monoisotopic (exact) mass is 191 g/mol. The third kappa shape index (κ3) is 2.89. The summed E-state index contributed by atoms with van der Waals surface area (Å²) in [5.41, 5.74) is 1.04. The highest BCUT2D eigenvalue weighted by Gasteiger charge is 2.14. The van der Waals surface area contributed by atoms with Crippen LogP contribution in [0.25, 0.3) is 0 Å². The van der Waals surface area contributed by atoms with Gasteiger partial charge in [0.15, 0.2) is 0 Å². The molecule has 0 aliphatic rings.